The van der Waals surface area contributed by atoms with Crippen molar-refractivity contribution in [3.8, 4) is 5.75 Å². The lowest BCUT2D eigenvalue weighted by atomic mass is 10.2. The lowest BCUT2D eigenvalue weighted by Crippen LogP contribution is -2.09. The van der Waals surface area contributed by atoms with Crippen LogP contribution in [-0.2, 0) is 16.0 Å². The van der Waals surface area contributed by atoms with Gasteiger partial charge in [-0.25, -0.2) is 0 Å². The standard InChI is InChI=1S/C18H21BrN2O3/c1-14-12-20-13-16(21-14)9-11-24-18(22)4-2-3-10-23-17-7-5-15(19)6-8-17/h5-8,12-13H,2-4,9-11H2,1H3. The monoisotopic (exact) mass is 392 g/mol. The summed E-state index contributed by atoms with van der Waals surface area (Å²) in [5.74, 6) is 0.652. The van der Waals surface area contributed by atoms with Gasteiger partial charge in [0, 0.05) is 29.7 Å². The molecule has 128 valence electrons. The molecule has 6 heteroatoms. The number of hydrogen-bond acceptors (Lipinski definition) is 5. The summed E-state index contributed by atoms with van der Waals surface area (Å²) < 4.78 is 11.8. The maximum Gasteiger partial charge on any atom is 0.305 e. The molecule has 0 amide bonds. The molecular formula is C18H21BrN2O3. The maximum atomic E-state index is 11.7. The largest absolute Gasteiger partial charge is 0.494 e. The number of rotatable bonds is 9. The molecule has 0 spiro atoms. The second kappa shape index (κ2) is 10.0. The molecular weight excluding hydrogens is 372 g/mol. The summed E-state index contributed by atoms with van der Waals surface area (Å²) in [6.45, 7) is 2.82. The van der Waals surface area contributed by atoms with Crippen LogP contribution in [0.25, 0.3) is 0 Å². The van der Waals surface area contributed by atoms with Crippen LogP contribution in [0.15, 0.2) is 41.1 Å². The number of aromatic nitrogens is 2. The van der Waals surface area contributed by atoms with Crippen LogP contribution >= 0.6 is 15.9 Å². The van der Waals surface area contributed by atoms with E-state index in [9.17, 15) is 4.79 Å². The Bertz CT molecular complexity index is 647. The quantitative estimate of drug-likeness (QED) is 0.478. The highest BCUT2D eigenvalue weighted by atomic mass is 79.9. The molecule has 24 heavy (non-hydrogen) atoms. The normalized spacial score (nSPS) is 10.4. The van der Waals surface area contributed by atoms with Crippen LogP contribution in [-0.4, -0.2) is 29.2 Å². The highest BCUT2D eigenvalue weighted by Gasteiger charge is 2.04. The molecule has 0 N–H and O–H groups in total. The average molecular weight is 393 g/mol. The van der Waals surface area contributed by atoms with Gasteiger partial charge in [-0.05, 0) is 44.0 Å². The molecule has 0 aliphatic heterocycles. The molecule has 0 aliphatic carbocycles. The van der Waals surface area contributed by atoms with Gasteiger partial charge in [0.1, 0.15) is 5.75 Å². The fourth-order valence-corrected chi connectivity index (χ4v) is 2.33. The molecule has 1 aromatic heterocycles. The molecule has 0 aliphatic rings. The number of carbonyl (C=O) groups is 1. The van der Waals surface area contributed by atoms with E-state index in [1.165, 1.54) is 0 Å². The molecule has 0 saturated carbocycles. The van der Waals surface area contributed by atoms with Gasteiger partial charge in [0.25, 0.3) is 0 Å². The first-order valence-corrected chi connectivity index (χ1v) is 8.74. The van der Waals surface area contributed by atoms with Crippen molar-refractivity contribution < 1.29 is 14.3 Å². The third-order valence-corrected chi connectivity index (χ3v) is 3.81. The predicted octanol–water partition coefficient (Wildman–Crippen LogP) is 3.88. The van der Waals surface area contributed by atoms with E-state index in [1.54, 1.807) is 12.4 Å². The van der Waals surface area contributed by atoms with Crippen molar-refractivity contribution in [3.05, 3.63) is 52.5 Å². The van der Waals surface area contributed by atoms with Crippen LogP contribution in [0.1, 0.15) is 30.7 Å². The molecule has 5 nitrogen and oxygen atoms in total. The number of benzene rings is 1. The summed E-state index contributed by atoms with van der Waals surface area (Å²) in [7, 11) is 0. The van der Waals surface area contributed by atoms with Crippen LogP contribution in [0.3, 0.4) is 0 Å². The van der Waals surface area contributed by atoms with Gasteiger partial charge in [-0.15, -0.1) is 0 Å². The number of hydrogen-bond donors (Lipinski definition) is 0. The van der Waals surface area contributed by atoms with Gasteiger partial charge in [-0.1, -0.05) is 15.9 Å². The van der Waals surface area contributed by atoms with Crippen LogP contribution in [0.5, 0.6) is 5.75 Å². The number of nitrogens with zero attached hydrogens (tertiary/aromatic N) is 2. The summed E-state index contributed by atoms with van der Waals surface area (Å²) >= 11 is 3.38. The van der Waals surface area contributed by atoms with Gasteiger partial charge in [0.15, 0.2) is 0 Å². The topological polar surface area (TPSA) is 61.3 Å². The Morgan fingerprint density at radius 3 is 2.67 bits per heavy atom. The fourth-order valence-electron chi connectivity index (χ4n) is 2.07. The summed E-state index contributed by atoms with van der Waals surface area (Å²) in [6, 6.07) is 7.69. The van der Waals surface area contributed by atoms with Gasteiger partial charge in [-0.2, -0.15) is 0 Å². The summed E-state index contributed by atoms with van der Waals surface area (Å²) in [5.41, 5.74) is 1.70. The van der Waals surface area contributed by atoms with Crippen molar-refractivity contribution >= 4 is 21.9 Å². The van der Waals surface area contributed by atoms with E-state index in [-0.39, 0.29) is 5.97 Å². The number of halogens is 1. The van der Waals surface area contributed by atoms with Crippen molar-refractivity contribution in [1.29, 1.82) is 0 Å². The molecule has 0 radical (unpaired) electrons. The number of esters is 1. The van der Waals surface area contributed by atoms with E-state index < -0.39 is 0 Å². The van der Waals surface area contributed by atoms with Crippen LogP contribution in [0.4, 0.5) is 0 Å². The number of unbranched alkanes of at least 4 members (excludes halogenated alkanes) is 1. The highest BCUT2D eigenvalue weighted by Crippen LogP contribution is 2.16. The molecule has 2 rings (SSSR count). The number of aryl methyl sites for hydroxylation is 1. The Balaban J connectivity index is 1.52. The maximum absolute atomic E-state index is 11.7. The molecule has 1 aromatic carbocycles. The lowest BCUT2D eigenvalue weighted by Gasteiger charge is -2.07. The minimum absolute atomic E-state index is 0.181. The first kappa shape index (κ1) is 18.4. The molecule has 0 atom stereocenters. The first-order valence-electron chi connectivity index (χ1n) is 7.95. The van der Waals surface area contributed by atoms with Crippen molar-refractivity contribution in [2.75, 3.05) is 13.2 Å². The lowest BCUT2D eigenvalue weighted by molar-refractivity contribution is -0.143. The fraction of sp³-hybridized carbons (Fsp3) is 0.389. The van der Waals surface area contributed by atoms with E-state index in [0.29, 0.717) is 26.1 Å². The predicted molar refractivity (Wildman–Crippen MR) is 94.9 cm³/mol. The van der Waals surface area contributed by atoms with Crippen LogP contribution in [0, 0.1) is 6.92 Å². The Morgan fingerprint density at radius 1 is 1.12 bits per heavy atom. The SMILES string of the molecule is Cc1cncc(CCOC(=O)CCCCOc2ccc(Br)cc2)n1. The first-order chi connectivity index (χ1) is 11.6. The Kier molecular flexibility index (Phi) is 7.68. The molecule has 2 aromatic rings. The van der Waals surface area contributed by atoms with Gasteiger partial charge < -0.3 is 9.47 Å². The third-order valence-electron chi connectivity index (χ3n) is 3.28. The zero-order valence-corrected chi connectivity index (χ0v) is 15.3. The minimum atomic E-state index is -0.181. The second-order valence-electron chi connectivity index (χ2n) is 5.38. The van der Waals surface area contributed by atoms with Gasteiger partial charge in [-0.3, -0.25) is 14.8 Å². The van der Waals surface area contributed by atoms with Gasteiger partial charge in [0.2, 0.25) is 0 Å². The molecule has 1 heterocycles. The Hall–Kier alpha value is -1.95. The zero-order chi connectivity index (χ0) is 17.2. The number of ether oxygens (including phenoxy) is 2. The van der Waals surface area contributed by atoms with Crippen molar-refractivity contribution in [2.45, 2.75) is 32.6 Å². The molecule has 0 unspecified atom stereocenters. The van der Waals surface area contributed by atoms with Crippen LogP contribution < -0.4 is 4.74 Å². The number of carbonyl (C=O) groups excluding carboxylic acids is 1. The van der Waals surface area contributed by atoms with E-state index in [2.05, 4.69) is 25.9 Å². The second-order valence-corrected chi connectivity index (χ2v) is 6.30. The highest BCUT2D eigenvalue weighted by molar-refractivity contribution is 9.10. The van der Waals surface area contributed by atoms with E-state index in [0.717, 1.165) is 34.5 Å². The van der Waals surface area contributed by atoms with Crippen molar-refractivity contribution in [1.82, 2.24) is 9.97 Å². The third kappa shape index (κ3) is 7.08. The average Bonchev–Trinajstić information content (AvgIpc) is 2.56. The van der Waals surface area contributed by atoms with E-state index in [1.807, 2.05) is 31.2 Å². The Morgan fingerprint density at radius 2 is 1.92 bits per heavy atom. The minimum Gasteiger partial charge on any atom is -0.494 e. The van der Waals surface area contributed by atoms with E-state index in [4.69, 9.17) is 9.47 Å². The van der Waals surface area contributed by atoms with Crippen LogP contribution in [0.2, 0.25) is 0 Å². The van der Waals surface area contributed by atoms with Crippen molar-refractivity contribution in [3.63, 3.8) is 0 Å². The summed E-state index contributed by atoms with van der Waals surface area (Å²) in [5, 5.41) is 0. The summed E-state index contributed by atoms with van der Waals surface area (Å²) in [4.78, 5) is 20.0. The van der Waals surface area contributed by atoms with Crippen molar-refractivity contribution in [2.24, 2.45) is 0 Å². The molecule has 0 saturated heterocycles. The van der Waals surface area contributed by atoms with Gasteiger partial charge in [0.05, 0.1) is 24.6 Å². The smallest absolute Gasteiger partial charge is 0.305 e. The van der Waals surface area contributed by atoms with E-state index >= 15 is 0 Å². The zero-order valence-electron chi connectivity index (χ0n) is 13.7. The molecule has 0 fully saturated rings. The summed E-state index contributed by atoms with van der Waals surface area (Å²) in [6.07, 6.45) is 5.95. The molecule has 0 bridgehead atoms. The Labute approximate surface area is 150 Å². The van der Waals surface area contributed by atoms with Gasteiger partial charge >= 0.3 is 5.97 Å².